The first-order valence-electron chi connectivity index (χ1n) is 6.55. The maximum absolute atomic E-state index is 12.4. The number of carbonyl (C=O) groups excluding carboxylic acids is 1. The average molecular weight is 250 g/mol. The Labute approximate surface area is 108 Å². The first-order chi connectivity index (χ1) is 8.49. The van der Waals surface area contributed by atoms with Crippen molar-refractivity contribution >= 4 is 5.91 Å². The van der Waals surface area contributed by atoms with Crippen molar-refractivity contribution in [3.63, 3.8) is 0 Å². The number of hydrogen-bond acceptors (Lipinski definition) is 3. The van der Waals surface area contributed by atoms with Gasteiger partial charge in [0.25, 0.3) is 5.91 Å². The Kier molecular flexibility index (Phi) is 3.71. The van der Waals surface area contributed by atoms with E-state index in [0.29, 0.717) is 17.7 Å². The number of piperazine rings is 1. The monoisotopic (exact) mass is 250 g/mol. The van der Waals surface area contributed by atoms with Gasteiger partial charge in [0.15, 0.2) is 5.69 Å². The van der Waals surface area contributed by atoms with Gasteiger partial charge in [-0.2, -0.15) is 5.10 Å². The molecule has 0 aromatic carbocycles. The van der Waals surface area contributed by atoms with Crippen molar-refractivity contribution in [2.24, 2.45) is 7.05 Å². The lowest BCUT2D eigenvalue weighted by Gasteiger charge is -2.31. The lowest BCUT2D eigenvalue weighted by Crippen LogP contribution is -2.51. The topological polar surface area (TPSA) is 50.2 Å². The fourth-order valence-electron chi connectivity index (χ4n) is 2.41. The lowest BCUT2D eigenvalue weighted by molar-refractivity contribution is 0.0702. The van der Waals surface area contributed by atoms with Gasteiger partial charge in [-0.3, -0.25) is 9.48 Å². The molecule has 2 heterocycles. The van der Waals surface area contributed by atoms with Crippen LogP contribution in [0, 0.1) is 0 Å². The van der Waals surface area contributed by atoms with Crippen LogP contribution in [0.3, 0.4) is 0 Å². The molecule has 0 bridgehead atoms. The van der Waals surface area contributed by atoms with Crippen molar-refractivity contribution in [2.45, 2.75) is 32.7 Å². The summed E-state index contributed by atoms with van der Waals surface area (Å²) in [6.45, 7) is 8.69. The third kappa shape index (κ3) is 2.56. The van der Waals surface area contributed by atoms with E-state index in [-0.39, 0.29) is 5.91 Å². The van der Waals surface area contributed by atoms with E-state index >= 15 is 0 Å². The quantitative estimate of drug-likeness (QED) is 0.851. The highest BCUT2D eigenvalue weighted by atomic mass is 16.2. The molecule has 1 fully saturated rings. The van der Waals surface area contributed by atoms with Crippen molar-refractivity contribution in [3.8, 4) is 0 Å². The zero-order valence-electron chi connectivity index (χ0n) is 11.6. The van der Waals surface area contributed by atoms with Crippen molar-refractivity contribution in [1.29, 1.82) is 0 Å². The van der Waals surface area contributed by atoms with Gasteiger partial charge in [0.1, 0.15) is 0 Å². The second-order valence-electron chi connectivity index (χ2n) is 5.34. The molecule has 0 saturated carbocycles. The molecule has 1 amide bonds. The van der Waals surface area contributed by atoms with Gasteiger partial charge < -0.3 is 10.2 Å². The fourth-order valence-corrected chi connectivity index (χ4v) is 2.41. The van der Waals surface area contributed by atoms with Crippen molar-refractivity contribution in [2.75, 3.05) is 19.6 Å². The van der Waals surface area contributed by atoms with Gasteiger partial charge in [-0.1, -0.05) is 13.8 Å². The number of aromatic nitrogens is 2. The fraction of sp³-hybridized carbons (Fsp3) is 0.692. The molecule has 1 atom stereocenters. The zero-order chi connectivity index (χ0) is 13.3. The standard InChI is InChI=1S/C13H22N4O/c1-9(2)12-7-11(15-16(12)4)13(18)17-6-5-14-10(3)8-17/h7,9-10,14H,5-6,8H2,1-4H3. The predicted octanol–water partition coefficient (Wildman–Crippen LogP) is 0.977. The number of rotatable bonds is 2. The second-order valence-corrected chi connectivity index (χ2v) is 5.34. The summed E-state index contributed by atoms with van der Waals surface area (Å²) in [5, 5.41) is 7.67. The number of hydrogen-bond donors (Lipinski definition) is 1. The molecule has 0 spiro atoms. The van der Waals surface area contributed by atoms with Gasteiger partial charge in [-0.15, -0.1) is 0 Å². The van der Waals surface area contributed by atoms with Crippen LogP contribution in [0.15, 0.2) is 6.07 Å². The van der Waals surface area contributed by atoms with Crippen molar-refractivity contribution in [1.82, 2.24) is 20.0 Å². The lowest BCUT2D eigenvalue weighted by atomic mass is 10.1. The van der Waals surface area contributed by atoms with Crippen LogP contribution in [0.25, 0.3) is 0 Å². The summed E-state index contributed by atoms with van der Waals surface area (Å²) in [6, 6.07) is 2.27. The van der Waals surface area contributed by atoms with Crippen LogP contribution in [0.4, 0.5) is 0 Å². The molecular formula is C13H22N4O. The number of aryl methyl sites for hydroxylation is 1. The Balaban J connectivity index is 2.15. The van der Waals surface area contributed by atoms with E-state index in [1.165, 1.54) is 0 Å². The second kappa shape index (κ2) is 5.10. The molecule has 100 valence electrons. The van der Waals surface area contributed by atoms with Crippen molar-refractivity contribution < 1.29 is 4.79 Å². The van der Waals surface area contributed by atoms with Gasteiger partial charge in [0.05, 0.1) is 0 Å². The van der Waals surface area contributed by atoms with E-state index in [9.17, 15) is 4.79 Å². The third-order valence-electron chi connectivity index (χ3n) is 3.38. The minimum atomic E-state index is 0.0471. The predicted molar refractivity (Wildman–Crippen MR) is 70.7 cm³/mol. The van der Waals surface area contributed by atoms with Gasteiger partial charge in [-0.05, 0) is 18.9 Å². The summed E-state index contributed by atoms with van der Waals surface area (Å²) >= 11 is 0. The van der Waals surface area contributed by atoms with Gasteiger partial charge in [0.2, 0.25) is 0 Å². The molecule has 5 heteroatoms. The average Bonchev–Trinajstić information content (AvgIpc) is 2.70. The highest BCUT2D eigenvalue weighted by Crippen LogP contribution is 2.16. The summed E-state index contributed by atoms with van der Waals surface area (Å²) in [4.78, 5) is 14.2. The molecule has 5 nitrogen and oxygen atoms in total. The minimum absolute atomic E-state index is 0.0471. The molecule has 0 aliphatic carbocycles. The van der Waals surface area contributed by atoms with E-state index in [2.05, 4.69) is 31.2 Å². The molecule has 1 saturated heterocycles. The summed E-state index contributed by atoms with van der Waals surface area (Å²) in [7, 11) is 1.90. The van der Waals surface area contributed by atoms with E-state index in [1.54, 1.807) is 0 Å². The first-order valence-corrected chi connectivity index (χ1v) is 6.55. The van der Waals surface area contributed by atoms with E-state index < -0.39 is 0 Å². The Morgan fingerprint density at radius 2 is 2.28 bits per heavy atom. The number of carbonyl (C=O) groups is 1. The molecule has 1 aliphatic rings. The van der Waals surface area contributed by atoms with E-state index in [4.69, 9.17) is 0 Å². The Morgan fingerprint density at radius 1 is 1.56 bits per heavy atom. The maximum atomic E-state index is 12.4. The van der Waals surface area contributed by atoms with Gasteiger partial charge >= 0.3 is 0 Å². The molecule has 1 aromatic rings. The van der Waals surface area contributed by atoms with Crippen molar-refractivity contribution in [3.05, 3.63) is 17.5 Å². The Bertz CT molecular complexity index is 438. The molecule has 2 rings (SSSR count). The van der Waals surface area contributed by atoms with Gasteiger partial charge in [0, 0.05) is 38.4 Å². The zero-order valence-corrected chi connectivity index (χ0v) is 11.6. The number of nitrogens with one attached hydrogen (secondary N) is 1. The number of amides is 1. The van der Waals surface area contributed by atoms with Crippen LogP contribution >= 0.6 is 0 Å². The summed E-state index contributed by atoms with van der Waals surface area (Å²) in [6.07, 6.45) is 0. The highest BCUT2D eigenvalue weighted by Gasteiger charge is 2.24. The summed E-state index contributed by atoms with van der Waals surface area (Å²) in [5.41, 5.74) is 1.66. The molecule has 18 heavy (non-hydrogen) atoms. The normalized spacial score (nSPS) is 20.5. The van der Waals surface area contributed by atoms with Crippen LogP contribution in [0.1, 0.15) is 42.9 Å². The summed E-state index contributed by atoms with van der Waals surface area (Å²) in [5.74, 6) is 0.428. The molecule has 1 aromatic heterocycles. The van der Waals surface area contributed by atoms with Crippen LogP contribution < -0.4 is 5.32 Å². The molecule has 1 aliphatic heterocycles. The highest BCUT2D eigenvalue weighted by molar-refractivity contribution is 5.92. The minimum Gasteiger partial charge on any atom is -0.334 e. The van der Waals surface area contributed by atoms with E-state index in [0.717, 1.165) is 25.3 Å². The Morgan fingerprint density at radius 3 is 2.83 bits per heavy atom. The summed E-state index contributed by atoms with van der Waals surface area (Å²) < 4.78 is 1.81. The number of nitrogens with zero attached hydrogens (tertiary/aromatic N) is 3. The SMILES string of the molecule is CC1CN(C(=O)c2cc(C(C)C)n(C)n2)CCN1. The van der Waals surface area contributed by atoms with E-state index in [1.807, 2.05) is 22.7 Å². The third-order valence-corrected chi connectivity index (χ3v) is 3.38. The first kappa shape index (κ1) is 13.1. The smallest absolute Gasteiger partial charge is 0.274 e. The van der Waals surface area contributed by atoms with Crippen LogP contribution in [-0.2, 0) is 7.05 Å². The van der Waals surface area contributed by atoms with Gasteiger partial charge in [-0.25, -0.2) is 0 Å². The largest absolute Gasteiger partial charge is 0.334 e. The molecular weight excluding hydrogens is 228 g/mol. The Hall–Kier alpha value is -1.36. The maximum Gasteiger partial charge on any atom is 0.274 e. The van der Waals surface area contributed by atoms with Crippen LogP contribution in [0.2, 0.25) is 0 Å². The molecule has 1 N–H and O–H groups in total. The van der Waals surface area contributed by atoms with Crippen LogP contribution in [0.5, 0.6) is 0 Å². The molecule has 0 radical (unpaired) electrons. The van der Waals surface area contributed by atoms with Crippen LogP contribution in [-0.4, -0.2) is 46.3 Å². The molecule has 1 unspecified atom stereocenters.